The Bertz CT molecular complexity index is 1580. The Morgan fingerprint density at radius 3 is 1.80 bits per heavy atom. The van der Waals surface area contributed by atoms with Gasteiger partial charge in [0.1, 0.15) is 23.0 Å². The summed E-state index contributed by atoms with van der Waals surface area (Å²) in [6.45, 7) is 0. The minimum Gasteiger partial charge on any atom is -0.497 e. The zero-order chi connectivity index (χ0) is 29.0. The number of para-hydroxylation sites is 2. The summed E-state index contributed by atoms with van der Waals surface area (Å²) < 4.78 is 21.2. The fourth-order valence-electron chi connectivity index (χ4n) is 3.54. The summed E-state index contributed by atoms with van der Waals surface area (Å²) in [5, 5.41) is 3.98. The van der Waals surface area contributed by atoms with Gasteiger partial charge in [0.2, 0.25) is 0 Å². The molecule has 0 unspecified atom stereocenters. The fraction of sp³-hybridized carbons (Fsp3) is 0.0625. The number of hydrogen-bond donors (Lipinski definition) is 1. The molecule has 0 aromatic heterocycles. The molecule has 41 heavy (non-hydrogen) atoms. The first-order valence-corrected chi connectivity index (χ1v) is 12.4. The van der Waals surface area contributed by atoms with E-state index in [4.69, 9.17) is 18.9 Å². The van der Waals surface area contributed by atoms with Crippen molar-refractivity contribution in [3.05, 3.63) is 125 Å². The smallest absolute Gasteiger partial charge is 0.343 e. The molecule has 0 atom stereocenters. The first-order chi connectivity index (χ1) is 20.0. The van der Waals surface area contributed by atoms with E-state index >= 15 is 0 Å². The second-order valence-corrected chi connectivity index (χ2v) is 8.38. The number of nitrogens with zero attached hydrogens (tertiary/aromatic N) is 1. The molecule has 4 aromatic rings. The molecule has 0 spiro atoms. The van der Waals surface area contributed by atoms with Crippen LogP contribution in [0.15, 0.2) is 108 Å². The van der Waals surface area contributed by atoms with Gasteiger partial charge in [-0.3, -0.25) is 4.79 Å². The van der Waals surface area contributed by atoms with Crippen LogP contribution in [0.2, 0.25) is 0 Å². The van der Waals surface area contributed by atoms with E-state index < -0.39 is 17.8 Å². The number of methoxy groups -OCH3 is 2. The van der Waals surface area contributed by atoms with E-state index in [0.29, 0.717) is 33.8 Å². The number of amides is 1. The molecule has 9 heteroatoms. The molecule has 206 valence electrons. The van der Waals surface area contributed by atoms with Crippen molar-refractivity contribution in [1.82, 2.24) is 5.43 Å². The largest absolute Gasteiger partial charge is 0.497 e. The van der Waals surface area contributed by atoms with Crippen molar-refractivity contribution >= 4 is 30.1 Å². The Labute approximate surface area is 236 Å². The van der Waals surface area contributed by atoms with E-state index in [1.807, 2.05) is 0 Å². The predicted molar refractivity (Wildman–Crippen MR) is 154 cm³/mol. The number of rotatable bonds is 10. The summed E-state index contributed by atoms with van der Waals surface area (Å²) in [6, 6.07) is 26.6. The highest BCUT2D eigenvalue weighted by Crippen LogP contribution is 2.22. The van der Waals surface area contributed by atoms with Gasteiger partial charge in [-0.2, -0.15) is 5.10 Å². The van der Waals surface area contributed by atoms with Crippen molar-refractivity contribution in [2.75, 3.05) is 14.2 Å². The van der Waals surface area contributed by atoms with Crippen molar-refractivity contribution in [2.45, 2.75) is 0 Å². The van der Waals surface area contributed by atoms with Crippen molar-refractivity contribution in [2.24, 2.45) is 5.10 Å². The number of hydrogen-bond acceptors (Lipinski definition) is 8. The molecule has 0 aliphatic rings. The summed E-state index contributed by atoms with van der Waals surface area (Å²) in [7, 11) is 3.08. The number of carbonyl (C=O) groups is 3. The van der Waals surface area contributed by atoms with Gasteiger partial charge >= 0.3 is 11.9 Å². The van der Waals surface area contributed by atoms with Crippen molar-refractivity contribution < 1.29 is 33.3 Å². The third-order valence-corrected chi connectivity index (χ3v) is 5.70. The monoisotopic (exact) mass is 550 g/mol. The Morgan fingerprint density at radius 2 is 1.20 bits per heavy atom. The molecule has 0 bridgehead atoms. The van der Waals surface area contributed by atoms with Crippen LogP contribution in [0.1, 0.15) is 31.8 Å². The zero-order valence-electron chi connectivity index (χ0n) is 22.3. The van der Waals surface area contributed by atoms with E-state index in [2.05, 4.69) is 10.5 Å². The molecule has 0 radical (unpaired) electrons. The van der Waals surface area contributed by atoms with Crippen LogP contribution in [0, 0.1) is 0 Å². The van der Waals surface area contributed by atoms with E-state index in [1.165, 1.54) is 25.5 Å². The lowest BCUT2D eigenvalue weighted by Crippen LogP contribution is -2.17. The van der Waals surface area contributed by atoms with E-state index in [9.17, 15) is 14.4 Å². The van der Waals surface area contributed by atoms with Crippen molar-refractivity contribution in [3.63, 3.8) is 0 Å². The van der Waals surface area contributed by atoms with E-state index in [-0.39, 0.29) is 11.5 Å². The Kier molecular flexibility index (Phi) is 9.60. The van der Waals surface area contributed by atoms with E-state index in [0.717, 1.165) is 0 Å². The van der Waals surface area contributed by atoms with Gasteiger partial charge in [0.15, 0.2) is 0 Å². The van der Waals surface area contributed by atoms with Crippen LogP contribution in [-0.4, -0.2) is 38.3 Å². The van der Waals surface area contributed by atoms with Gasteiger partial charge < -0.3 is 18.9 Å². The van der Waals surface area contributed by atoms with Crippen molar-refractivity contribution in [3.8, 4) is 23.0 Å². The van der Waals surface area contributed by atoms with Crippen LogP contribution >= 0.6 is 0 Å². The predicted octanol–water partition coefficient (Wildman–Crippen LogP) is 5.31. The molecule has 4 rings (SSSR count). The van der Waals surface area contributed by atoms with Crippen LogP contribution in [0.25, 0.3) is 6.08 Å². The maximum atomic E-state index is 12.6. The van der Waals surface area contributed by atoms with Gasteiger partial charge in [-0.1, -0.05) is 30.3 Å². The highest BCUT2D eigenvalue weighted by molar-refractivity contribution is 5.96. The molecule has 9 nitrogen and oxygen atoms in total. The number of ether oxygens (including phenoxy) is 4. The molecule has 1 N–H and O–H groups in total. The molecule has 0 fully saturated rings. The molecule has 1 amide bonds. The summed E-state index contributed by atoms with van der Waals surface area (Å²) in [5.74, 6) is 0.143. The topological polar surface area (TPSA) is 113 Å². The average molecular weight is 551 g/mol. The Morgan fingerprint density at radius 1 is 0.659 bits per heavy atom. The summed E-state index contributed by atoms with van der Waals surface area (Å²) >= 11 is 0. The first-order valence-electron chi connectivity index (χ1n) is 12.4. The van der Waals surface area contributed by atoms with Gasteiger partial charge in [-0.25, -0.2) is 15.0 Å². The van der Waals surface area contributed by atoms with E-state index in [1.54, 1.807) is 104 Å². The third-order valence-electron chi connectivity index (χ3n) is 5.70. The molecular formula is C32H26N2O7. The number of benzene rings is 4. The molecule has 0 saturated heterocycles. The number of carbonyl (C=O) groups excluding carboxylic acids is 3. The minimum absolute atomic E-state index is 0.240. The highest BCUT2D eigenvalue weighted by atomic mass is 16.5. The summed E-state index contributed by atoms with van der Waals surface area (Å²) in [4.78, 5) is 37.5. The highest BCUT2D eigenvalue weighted by Gasteiger charge is 2.12. The molecule has 0 saturated carbocycles. The van der Waals surface area contributed by atoms with Crippen LogP contribution in [0.5, 0.6) is 23.0 Å². The van der Waals surface area contributed by atoms with Gasteiger partial charge in [0, 0.05) is 22.8 Å². The maximum absolute atomic E-state index is 12.6. The number of nitrogens with one attached hydrogen (secondary N) is 1. The summed E-state index contributed by atoms with van der Waals surface area (Å²) in [5.41, 5.74) is 4.17. The van der Waals surface area contributed by atoms with Crippen molar-refractivity contribution in [1.29, 1.82) is 0 Å². The standard InChI is InChI=1S/C32H26N2O7/c1-38-26-16-11-23(12-17-26)31(36)34-33-21-25-8-4-6-10-29(25)40-30(35)20-15-22-7-3-5-9-28(22)41-32(37)24-13-18-27(39-2)19-14-24/h3-21H,1-2H3,(H,34,36)/b20-15+,33-21+. The second-order valence-electron chi connectivity index (χ2n) is 8.38. The molecule has 0 aliphatic carbocycles. The molecule has 0 heterocycles. The maximum Gasteiger partial charge on any atom is 0.343 e. The SMILES string of the molecule is COc1ccc(C(=O)N/N=C/c2ccccc2OC(=O)/C=C/c2ccccc2OC(=O)c2ccc(OC)cc2)cc1. The molecular weight excluding hydrogens is 524 g/mol. The Hall–Kier alpha value is -5.70. The van der Waals surface area contributed by atoms with Gasteiger partial charge in [0.05, 0.1) is 26.0 Å². The third kappa shape index (κ3) is 7.90. The molecule has 0 aliphatic heterocycles. The second kappa shape index (κ2) is 13.9. The zero-order valence-corrected chi connectivity index (χ0v) is 22.3. The Balaban J connectivity index is 1.39. The number of hydrazone groups is 1. The molecule has 4 aromatic carbocycles. The quantitative estimate of drug-likeness (QED) is 0.0937. The normalized spacial score (nSPS) is 10.8. The van der Waals surface area contributed by atoms with Gasteiger partial charge in [0.25, 0.3) is 5.91 Å². The van der Waals surface area contributed by atoms with Gasteiger partial charge in [-0.05, 0) is 72.8 Å². The lowest BCUT2D eigenvalue weighted by atomic mass is 10.1. The first kappa shape index (κ1) is 28.3. The van der Waals surface area contributed by atoms with Crippen LogP contribution in [-0.2, 0) is 4.79 Å². The van der Waals surface area contributed by atoms with Crippen LogP contribution < -0.4 is 24.4 Å². The van der Waals surface area contributed by atoms with Crippen LogP contribution in [0.4, 0.5) is 0 Å². The minimum atomic E-state index is -0.663. The summed E-state index contributed by atoms with van der Waals surface area (Å²) in [6.07, 6.45) is 4.09. The fourth-order valence-corrected chi connectivity index (χ4v) is 3.54. The van der Waals surface area contributed by atoms with Crippen LogP contribution in [0.3, 0.4) is 0 Å². The lowest BCUT2D eigenvalue weighted by molar-refractivity contribution is -0.128. The lowest BCUT2D eigenvalue weighted by Gasteiger charge is -2.08. The number of esters is 2. The van der Waals surface area contributed by atoms with Gasteiger partial charge in [-0.15, -0.1) is 0 Å². The average Bonchev–Trinajstić information content (AvgIpc) is 3.01.